The van der Waals surface area contributed by atoms with Gasteiger partial charge in [0, 0.05) is 35.2 Å². The molecule has 0 saturated heterocycles. The molecule has 160 valence electrons. The minimum absolute atomic E-state index is 0.244. The molecular weight excluding hydrogens is 406 g/mol. The van der Waals surface area contributed by atoms with Crippen molar-refractivity contribution in [2.24, 2.45) is 0 Å². The van der Waals surface area contributed by atoms with E-state index in [9.17, 15) is 8.42 Å². The van der Waals surface area contributed by atoms with E-state index in [0.717, 1.165) is 29.6 Å². The first-order valence-corrected chi connectivity index (χ1v) is 11.8. The first kappa shape index (κ1) is 21.2. The molecule has 1 aromatic heterocycles. The van der Waals surface area contributed by atoms with Crippen molar-refractivity contribution in [3.8, 4) is 11.1 Å². The molecule has 0 spiro atoms. The maximum atomic E-state index is 12.9. The SMILES string of the molecule is Cc1cc2cc(-c3ccccc3NS(=O)(=O)c3ccccc3)ccc2n1CCN(C)C. The zero-order chi connectivity index (χ0) is 22.0. The van der Waals surface area contributed by atoms with Crippen molar-refractivity contribution in [1.82, 2.24) is 9.47 Å². The number of benzene rings is 3. The summed E-state index contributed by atoms with van der Waals surface area (Å²) in [5, 5.41) is 1.15. The van der Waals surface area contributed by atoms with Gasteiger partial charge in [-0.25, -0.2) is 8.42 Å². The number of nitrogens with one attached hydrogen (secondary N) is 1. The Morgan fingerprint density at radius 3 is 2.35 bits per heavy atom. The van der Waals surface area contributed by atoms with Crippen molar-refractivity contribution < 1.29 is 8.42 Å². The number of aryl methyl sites for hydroxylation is 1. The monoisotopic (exact) mass is 433 g/mol. The average molecular weight is 434 g/mol. The molecule has 0 bridgehead atoms. The predicted octanol–water partition coefficient (Wildman–Crippen LogP) is 4.98. The number of nitrogens with zero attached hydrogens (tertiary/aromatic N) is 2. The Morgan fingerprint density at radius 1 is 0.903 bits per heavy atom. The van der Waals surface area contributed by atoms with Gasteiger partial charge in [0.2, 0.25) is 0 Å². The summed E-state index contributed by atoms with van der Waals surface area (Å²) in [6, 6.07) is 24.4. The molecule has 0 fully saturated rings. The zero-order valence-electron chi connectivity index (χ0n) is 18.0. The smallest absolute Gasteiger partial charge is 0.261 e. The fourth-order valence-corrected chi connectivity index (χ4v) is 4.90. The van der Waals surface area contributed by atoms with Gasteiger partial charge < -0.3 is 9.47 Å². The lowest BCUT2D eigenvalue weighted by molar-refractivity contribution is 0.385. The highest BCUT2D eigenvalue weighted by molar-refractivity contribution is 7.92. The molecule has 1 N–H and O–H groups in total. The molecule has 0 saturated carbocycles. The molecule has 6 heteroatoms. The third-order valence-corrected chi connectivity index (χ3v) is 6.80. The van der Waals surface area contributed by atoms with Crippen LogP contribution in [-0.4, -0.2) is 38.5 Å². The molecule has 0 aliphatic heterocycles. The van der Waals surface area contributed by atoms with Crippen molar-refractivity contribution in [2.45, 2.75) is 18.4 Å². The summed E-state index contributed by atoms with van der Waals surface area (Å²) in [7, 11) is 0.489. The summed E-state index contributed by atoms with van der Waals surface area (Å²) in [6.07, 6.45) is 0. The topological polar surface area (TPSA) is 54.3 Å². The highest BCUT2D eigenvalue weighted by Gasteiger charge is 2.16. The Labute approximate surface area is 184 Å². The summed E-state index contributed by atoms with van der Waals surface area (Å²) in [4.78, 5) is 2.42. The number of anilines is 1. The van der Waals surface area contributed by atoms with Crippen LogP contribution in [0.15, 0.2) is 83.8 Å². The van der Waals surface area contributed by atoms with Gasteiger partial charge in [-0.05, 0) is 63.0 Å². The van der Waals surface area contributed by atoms with E-state index in [4.69, 9.17) is 0 Å². The highest BCUT2D eigenvalue weighted by Crippen LogP contribution is 2.32. The van der Waals surface area contributed by atoms with Crippen molar-refractivity contribution in [2.75, 3.05) is 25.4 Å². The number of likely N-dealkylation sites (N-methyl/N-ethyl adjacent to an activating group) is 1. The molecule has 4 aromatic rings. The Bertz CT molecular complexity index is 1310. The third kappa shape index (κ3) is 4.50. The van der Waals surface area contributed by atoms with E-state index in [1.807, 2.05) is 18.2 Å². The molecule has 0 aliphatic rings. The lowest BCUT2D eigenvalue weighted by atomic mass is 10.0. The maximum Gasteiger partial charge on any atom is 0.261 e. The second-order valence-electron chi connectivity index (χ2n) is 7.98. The third-order valence-electron chi connectivity index (χ3n) is 5.42. The van der Waals surface area contributed by atoms with Gasteiger partial charge in [0.1, 0.15) is 0 Å². The lowest BCUT2D eigenvalue weighted by Crippen LogP contribution is -2.18. The van der Waals surface area contributed by atoms with E-state index in [0.29, 0.717) is 5.69 Å². The van der Waals surface area contributed by atoms with Crippen LogP contribution < -0.4 is 4.72 Å². The fourth-order valence-electron chi connectivity index (χ4n) is 3.80. The van der Waals surface area contributed by atoms with Crippen molar-refractivity contribution >= 4 is 26.6 Å². The van der Waals surface area contributed by atoms with E-state index < -0.39 is 10.0 Å². The van der Waals surface area contributed by atoms with Crippen LogP contribution in [0.25, 0.3) is 22.0 Å². The molecule has 0 radical (unpaired) electrons. The zero-order valence-corrected chi connectivity index (χ0v) is 18.9. The number of hydrogen-bond donors (Lipinski definition) is 1. The molecule has 31 heavy (non-hydrogen) atoms. The summed E-state index contributed by atoms with van der Waals surface area (Å²) < 4.78 is 30.8. The van der Waals surface area contributed by atoms with Gasteiger partial charge in [0.25, 0.3) is 10.0 Å². The Kier molecular flexibility index (Phi) is 5.85. The van der Waals surface area contributed by atoms with Crippen LogP contribution in [0, 0.1) is 6.92 Å². The second-order valence-corrected chi connectivity index (χ2v) is 9.66. The van der Waals surface area contributed by atoms with Gasteiger partial charge in [-0.1, -0.05) is 42.5 Å². The summed E-state index contributed by atoms with van der Waals surface area (Å²) in [5.41, 5.74) is 4.79. The van der Waals surface area contributed by atoms with Crippen LogP contribution in [0.5, 0.6) is 0 Å². The van der Waals surface area contributed by atoms with Gasteiger partial charge in [-0.3, -0.25) is 4.72 Å². The molecule has 3 aromatic carbocycles. The number of rotatable bonds is 7. The molecule has 4 rings (SSSR count). The van der Waals surface area contributed by atoms with Crippen molar-refractivity contribution in [1.29, 1.82) is 0 Å². The van der Waals surface area contributed by atoms with Gasteiger partial charge in [-0.15, -0.1) is 0 Å². The van der Waals surface area contributed by atoms with Gasteiger partial charge >= 0.3 is 0 Å². The van der Waals surface area contributed by atoms with Crippen LogP contribution in [0.1, 0.15) is 5.69 Å². The quantitative estimate of drug-likeness (QED) is 0.447. The Hall–Kier alpha value is -3.09. The van der Waals surface area contributed by atoms with Crippen LogP contribution in [-0.2, 0) is 16.6 Å². The lowest BCUT2D eigenvalue weighted by Gasteiger charge is -2.14. The molecule has 0 unspecified atom stereocenters. The molecule has 0 aliphatic carbocycles. The average Bonchev–Trinajstić information content (AvgIpc) is 3.07. The molecule has 0 amide bonds. The molecule has 0 atom stereocenters. The summed E-state index contributed by atoms with van der Waals surface area (Å²) in [5.74, 6) is 0. The van der Waals surface area contributed by atoms with E-state index >= 15 is 0 Å². The fraction of sp³-hybridized carbons (Fsp3) is 0.200. The maximum absolute atomic E-state index is 12.9. The number of aromatic nitrogens is 1. The molecular formula is C25H27N3O2S. The van der Waals surface area contributed by atoms with Gasteiger partial charge in [0.05, 0.1) is 10.6 Å². The normalized spacial score (nSPS) is 11.9. The number of sulfonamides is 1. The standard InChI is InChI=1S/C25H27N3O2S/c1-19-17-21-18-20(13-14-25(21)28(19)16-15-27(2)3)23-11-7-8-12-24(23)26-31(29,30)22-9-5-4-6-10-22/h4-14,17-18,26H,15-16H2,1-3H3. The highest BCUT2D eigenvalue weighted by atomic mass is 32.2. The van der Waals surface area contributed by atoms with E-state index in [1.54, 1.807) is 36.4 Å². The van der Waals surface area contributed by atoms with Gasteiger partial charge in [-0.2, -0.15) is 0 Å². The molecule has 1 heterocycles. The number of fused-ring (bicyclic) bond motifs is 1. The van der Waals surface area contributed by atoms with Gasteiger partial charge in [0.15, 0.2) is 0 Å². The summed E-state index contributed by atoms with van der Waals surface area (Å²) in [6.45, 7) is 4.02. The molecule has 5 nitrogen and oxygen atoms in total. The minimum atomic E-state index is -3.66. The van der Waals surface area contributed by atoms with E-state index in [2.05, 4.69) is 59.5 Å². The van der Waals surface area contributed by atoms with E-state index in [1.165, 1.54) is 11.2 Å². The largest absolute Gasteiger partial charge is 0.344 e. The predicted molar refractivity (Wildman–Crippen MR) is 128 cm³/mol. The minimum Gasteiger partial charge on any atom is -0.344 e. The van der Waals surface area contributed by atoms with Crippen LogP contribution in [0.3, 0.4) is 0 Å². The Morgan fingerprint density at radius 2 is 1.61 bits per heavy atom. The number of hydrogen-bond acceptors (Lipinski definition) is 3. The van der Waals surface area contributed by atoms with Crippen LogP contribution in [0.2, 0.25) is 0 Å². The first-order chi connectivity index (χ1) is 14.8. The number of para-hydroxylation sites is 1. The second kappa shape index (κ2) is 8.57. The van der Waals surface area contributed by atoms with E-state index in [-0.39, 0.29) is 4.90 Å². The van der Waals surface area contributed by atoms with Crippen molar-refractivity contribution in [3.05, 3.63) is 84.6 Å². The van der Waals surface area contributed by atoms with Crippen LogP contribution in [0.4, 0.5) is 5.69 Å². The van der Waals surface area contributed by atoms with Crippen LogP contribution >= 0.6 is 0 Å². The summed E-state index contributed by atoms with van der Waals surface area (Å²) >= 11 is 0. The van der Waals surface area contributed by atoms with Crippen molar-refractivity contribution in [3.63, 3.8) is 0 Å². The Balaban J connectivity index is 1.71. The first-order valence-electron chi connectivity index (χ1n) is 10.3.